The molecule has 18 heavy (non-hydrogen) atoms. The van der Waals surface area contributed by atoms with Crippen LogP contribution in [0.25, 0.3) is 0 Å². The first-order valence-electron chi connectivity index (χ1n) is 6.46. The van der Waals surface area contributed by atoms with E-state index in [-0.39, 0.29) is 11.9 Å². The van der Waals surface area contributed by atoms with E-state index in [2.05, 4.69) is 12.2 Å². The Bertz CT molecular complexity index is 443. The number of hydrogen-bond donors (Lipinski definition) is 2. The molecule has 1 aliphatic rings. The van der Waals surface area contributed by atoms with Crippen molar-refractivity contribution in [2.24, 2.45) is 5.92 Å². The molecule has 1 unspecified atom stereocenters. The first-order chi connectivity index (χ1) is 8.61. The van der Waals surface area contributed by atoms with Crippen molar-refractivity contribution >= 4 is 23.2 Å². The zero-order chi connectivity index (χ0) is 13.1. The number of benzene rings is 1. The van der Waals surface area contributed by atoms with Gasteiger partial charge in [-0.3, -0.25) is 4.79 Å². The van der Waals surface area contributed by atoms with Gasteiger partial charge in [-0.1, -0.05) is 37.4 Å². The molecule has 3 nitrogen and oxygen atoms in total. The summed E-state index contributed by atoms with van der Waals surface area (Å²) >= 11 is 5.92. The van der Waals surface area contributed by atoms with E-state index in [0.29, 0.717) is 16.3 Å². The molecule has 4 heteroatoms. The zero-order valence-corrected chi connectivity index (χ0v) is 11.3. The van der Waals surface area contributed by atoms with Crippen LogP contribution in [0.3, 0.4) is 0 Å². The third-order valence-electron chi connectivity index (χ3n) is 3.44. The summed E-state index contributed by atoms with van der Waals surface area (Å²) < 4.78 is 0. The Morgan fingerprint density at radius 2 is 2.28 bits per heavy atom. The van der Waals surface area contributed by atoms with Gasteiger partial charge in [0.2, 0.25) is 0 Å². The Kier molecular flexibility index (Phi) is 4.12. The maximum Gasteiger partial charge on any atom is 0.253 e. The highest BCUT2D eigenvalue weighted by molar-refractivity contribution is 6.33. The zero-order valence-electron chi connectivity index (χ0n) is 10.6. The molecular weight excluding hydrogens is 248 g/mol. The lowest BCUT2D eigenvalue weighted by Gasteiger charge is -2.17. The van der Waals surface area contributed by atoms with E-state index in [4.69, 9.17) is 17.3 Å². The van der Waals surface area contributed by atoms with Crippen molar-refractivity contribution in [3.05, 3.63) is 28.8 Å². The van der Waals surface area contributed by atoms with Crippen LogP contribution in [0, 0.1) is 5.92 Å². The van der Waals surface area contributed by atoms with Crippen molar-refractivity contribution in [1.82, 2.24) is 5.32 Å². The van der Waals surface area contributed by atoms with Crippen LogP contribution in [0.1, 0.15) is 43.0 Å². The summed E-state index contributed by atoms with van der Waals surface area (Å²) in [5, 5.41) is 3.47. The van der Waals surface area contributed by atoms with E-state index in [9.17, 15) is 4.79 Å². The minimum atomic E-state index is -0.123. The van der Waals surface area contributed by atoms with E-state index in [1.165, 1.54) is 12.8 Å². The van der Waals surface area contributed by atoms with Crippen LogP contribution < -0.4 is 11.1 Å². The largest absolute Gasteiger partial charge is 0.397 e. The Labute approximate surface area is 113 Å². The summed E-state index contributed by atoms with van der Waals surface area (Å²) in [6.07, 6.45) is 4.61. The molecule has 0 spiro atoms. The second-order valence-electron chi connectivity index (χ2n) is 4.96. The van der Waals surface area contributed by atoms with Gasteiger partial charge in [0.25, 0.3) is 5.91 Å². The molecule has 1 aromatic carbocycles. The smallest absolute Gasteiger partial charge is 0.253 e. The Morgan fingerprint density at radius 3 is 2.89 bits per heavy atom. The number of nitrogens with two attached hydrogens (primary N) is 1. The molecular formula is C14H19ClN2O. The average Bonchev–Trinajstić information content (AvgIpc) is 3.15. The highest BCUT2D eigenvalue weighted by atomic mass is 35.5. The molecule has 0 bridgehead atoms. The molecule has 0 aliphatic heterocycles. The van der Waals surface area contributed by atoms with Crippen molar-refractivity contribution in [1.29, 1.82) is 0 Å². The number of carbonyl (C=O) groups excluding carboxylic acids is 1. The summed E-state index contributed by atoms with van der Waals surface area (Å²) in [6.45, 7) is 2.09. The molecule has 98 valence electrons. The van der Waals surface area contributed by atoms with Gasteiger partial charge in [0, 0.05) is 6.04 Å². The van der Waals surface area contributed by atoms with Crippen molar-refractivity contribution in [2.45, 2.75) is 38.6 Å². The topological polar surface area (TPSA) is 55.1 Å². The third-order valence-corrected chi connectivity index (χ3v) is 3.77. The second-order valence-corrected chi connectivity index (χ2v) is 5.37. The van der Waals surface area contributed by atoms with Gasteiger partial charge >= 0.3 is 0 Å². The molecule has 0 saturated heterocycles. The summed E-state index contributed by atoms with van der Waals surface area (Å²) in [7, 11) is 0. The lowest BCUT2D eigenvalue weighted by atomic mass is 10.1. The summed E-state index contributed by atoms with van der Waals surface area (Å²) in [6, 6.07) is 5.38. The normalized spacial score (nSPS) is 16.3. The van der Waals surface area contributed by atoms with E-state index in [1.807, 2.05) is 0 Å². The molecule has 2 rings (SSSR count). The van der Waals surface area contributed by atoms with E-state index >= 15 is 0 Å². The van der Waals surface area contributed by atoms with Crippen LogP contribution in [0.5, 0.6) is 0 Å². The number of rotatable bonds is 5. The van der Waals surface area contributed by atoms with Crippen molar-refractivity contribution in [2.75, 3.05) is 5.73 Å². The van der Waals surface area contributed by atoms with Gasteiger partial charge in [-0.2, -0.15) is 0 Å². The molecule has 0 heterocycles. The fourth-order valence-electron chi connectivity index (χ4n) is 2.08. The second kappa shape index (κ2) is 5.61. The van der Waals surface area contributed by atoms with Gasteiger partial charge in [0.15, 0.2) is 0 Å². The maximum absolute atomic E-state index is 12.1. The van der Waals surface area contributed by atoms with Crippen LogP contribution in [0.4, 0.5) is 5.69 Å². The average molecular weight is 267 g/mol. The molecule has 3 N–H and O–H groups in total. The van der Waals surface area contributed by atoms with Crippen molar-refractivity contribution in [3.63, 3.8) is 0 Å². The summed E-state index contributed by atoms with van der Waals surface area (Å²) in [4.78, 5) is 12.1. The highest BCUT2D eigenvalue weighted by Gasteiger charge is 2.26. The summed E-state index contributed by atoms with van der Waals surface area (Å²) in [5.74, 6) is 0.675. The number of para-hydroxylation sites is 1. The number of hydrogen-bond acceptors (Lipinski definition) is 2. The number of nitrogens with one attached hydrogen (secondary N) is 1. The van der Waals surface area contributed by atoms with E-state index in [1.54, 1.807) is 18.2 Å². The van der Waals surface area contributed by atoms with Gasteiger partial charge < -0.3 is 11.1 Å². The number of carbonyl (C=O) groups is 1. The van der Waals surface area contributed by atoms with Gasteiger partial charge in [-0.05, 0) is 30.9 Å². The number of anilines is 1. The Balaban J connectivity index is 2.03. The quantitative estimate of drug-likeness (QED) is 0.804. The molecule has 1 fully saturated rings. The SMILES string of the molecule is CCC(CC1CC1)NC(=O)c1cccc(Cl)c1N. The minimum absolute atomic E-state index is 0.123. The number of halogens is 1. The standard InChI is InChI=1S/C14H19ClN2O/c1-2-10(8-9-6-7-9)17-14(18)11-4-3-5-12(15)13(11)16/h3-5,9-10H,2,6-8,16H2,1H3,(H,17,18). The van der Waals surface area contributed by atoms with Crippen LogP contribution in [0.2, 0.25) is 5.02 Å². The van der Waals surface area contributed by atoms with Gasteiger partial charge in [-0.25, -0.2) is 0 Å². The number of amides is 1. The monoisotopic (exact) mass is 266 g/mol. The predicted octanol–water partition coefficient (Wildman–Crippen LogP) is 3.23. The molecule has 0 aromatic heterocycles. The first kappa shape index (κ1) is 13.2. The predicted molar refractivity (Wildman–Crippen MR) is 74.8 cm³/mol. The minimum Gasteiger partial charge on any atom is -0.397 e. The van der Waals surface area contributed by atoms with Crippen LogP contribution in [-0.4, -0.2) is 11.9 Å². The maximum atomic E-state index is 12.1. The van der Waals surface area contributed by atoms with Gasteiger partial charge in [0.1, 0.15) is 0 Å². The fourth-order valence-corrected chi connectivity index (χ4v) is 2.26. The van der Waals surface area contributed by atoms with Gasteiger partial charge in [0.05, 0.1) is 16.3 Å². The third kappa shape index (κ3) is 3.16. The molecule has 0 radical (unpaired) electrons. The fraction of sp³-hybridized carbons (Fsp3) is 0.500. The van der Waals surface area contributed by atoms with Gasteiger partial charge in [-0.15, -0.1) is 0 Å². The Morgan fingerprint density at radius 1 is 1.56 bits per heavy atom. The summed E-state index contributed by atoms with van der Waals surface area (Å²) in [5.41, 5.74) is 6.65. The van der Waals surface area contributed by atoms with Crippen molar-refractivity contribution in [3.8, 4) is 0 Å². The van der Waals surface area contributed by atoms with Crippen LogP contribution in [-0.2, 0) is 0 Å². The molecule has 1 saturated carbocycles. The van der Waals surface area contributed by atoms with Crippen molar-refractivity contribution < 1.29 is 4.79 Å². The molecule has 1 aliphatic carbocycles. The first-order valence-corrected chi connectivity index (χ1v) is 6.84. The number of nitrogen functional groups attached to an aromatic ring is 1. The molecule has 1 aromatic rings. The van der Waals surface area contributed by atoms with E-state index < -0.39 is 0 Å². The Hall–Kier alpha value is -1.22. The highest BCUT2D eigenvalue weighted by Crippen LogP contribution is 2.34. The van der Waals surface area contributed by atoms with Crippen LogP contribution >= 0.6 is 11.6 Å². The molecule has 1 amide bonds. The van der Waals surface area contributed by atoms with E-state index in [0.717, 1.165) is 18.8 Å². The lowest BCUT2D eigenvalue weighted by molar-refractivity contribution is 0.0933. The molecule has 1 atom stereocenters. The lowest BCUT2D eigenvalue weighted by Crippen LogP contribution is -2.35. The van der Waals surface area contributed by atoms with Crippen LogP contribution in [0.15, 0.2) is 18.2 Å².